The van der Waals surface area contributed by atoms with Crippen LogP contribution in [-0.2, 0) is 9.84 Å². The Kier molecular flexibility index (Phi) is 4.45. The predicted octanol–water partition coefficient (Wildman–Crippen LogP) is 2.75. The Morgan fingerprint density at radius 3 is 2.35 bits per heavy atom. The fraction of sp³-hybridized carbons (Fsp3) is 0.455. The lowest BCUT2D eigenvalue weighted by molar-refractivity contribution is 0.235. The highest BCUT2D eigenvalue weighted by molar-refractivity contribution is 7.91. The number of nitrogens with one attached hydrogen (secondary N) is 1. The zero-order chi connectivity index (χ0) is 13.1. The van der Waals surface area contributed by atoms with Crippen molar-refractivity contribution in [1.29, 1.82) is 0 Å². The van der Waals surface area contributed by atoms with Gasteiger partial charge in [0.1, 0.15) is 0 Å². The Labute approximate surface area is 99.8 Å². The lowest BCUT2D eigenvalue weighted by Crippen LogP contribution is -2.16. The smallest absolute Gasteiger partial charge is 0.341 e. The van der Waals surface area contributed by atoms with Gasteiger partial charge in [-0.2, -0.15) is 8.78 Å². The summed E-state index contributed by atoms with van der Waals surface area (Å²) in [6.07, 6.45) is 0. The molecule has 0 heterocycles. The minimum Gasteiger partial charge on any atom is -0.384 e. The van der Waals surface area contributed by atoms with E-state index in [0.29, 0.717) is 6.54 Å². The molecule has 0 bridgehead atoms. The van der Waals surface area contributed by atoms with Crippen molar-refractivity contribution in [2.24, 2.45) is 5.92 Å². The van der Waals surface area contributed by atoms with Crippen molar-refractivity contribution in [2.45, 2.75) is 24.5 Å². The van der Waals surface area contributed by atoms with E-state index in [9.17, 15) is 17.2 Å². The molecule has 0 aliphatic carbocycles. The van der Waals surface area contributed by atoms with Gasteiger partial charge in [-0.15, -0.1) is 0 Å². The van der Waals surface area contributed by atoms with Crippen LogP contribution in [0.15, 0.2) is 29.2 Å². The number of hydrogen-bond donors (Lipinski definition) is 1. The van der Waals surface area contributed by atoms with Crippen LogP contribution in [0.25, 0.3) is 0 Å². The molecular formula is C11H15F2NO2S. The zero-order valence-corrected chi connectivity index (χ0v) is 10.5. The van der Waals surface area contributed by atoms with Crippen LogP contribution in [0, 0.1) is 5.92 Å². The van der Waals surface area contributed by atoms with Crippen molar-refractivity contribution >= 4 is 15.5 Å². The van der Waals surface area contributed by atoms with Crippen molar-refractivity contribution in [1.82, 2.24) is 0 Å². The average Bonchev–Trinajstić information content (AvgIpc) is 2.26. The van der Waals surface area contributed by atoms with Gasteiger partial charge in [-0.1, -0.05) is 26.0 Å². The third-order valence-electron chi connectivity index (χ3n) is 2.13. The number of alkyl halides is 2. The van der Waals surface area contributed by atoms with Crippen LogP contribution in [0.3, 0.4) is 0 Å². The maximum Gasteiger partial charge on any atom is 0.341 e. The second-order valence-electron chi connectivity index (χ2n) is 4.08. The molecule has 0 amide bonds. The third-order valence-corrected chi connectivity index (χ3v) is 3.57. The molecule has 6 heteroatoms. The quantitative estimate of drug-likeness (QED) is 0.888. The molecule has 0 radical (unpaired) electrons. The van der Waals surface area contributed by atoms with Crippen molar-refractivity contribution in [3.8, 4) is 0 Å². The molecule has 0 saturated carbocycles. The fourth-order valence-electron chi connectivity index (χ4n) is 1.27. The number of halogens is 2. The molecule has 0 saturated heterocycles. The summed E-state index contributed by atoms with van der Waals surface area (Å²) < 4.78 is 47.7. The summed E-state index contributed by atoms with van der Waals surface area (Å²) in [7, 11) is -4.55. The Balaban J connectivity index is 3.08. The first-order chi connectivity index (χ1) is 7.85. The Hall–Kier alpha value is -1.17. The molecule has 1 rings (SSSR count). The standard InChI is InChI=1S/C11H15F2NO2S/c1-8(2)7-14-9-5-3-4-6-10(9)17(15,16)11(12)13/h3-6,8,11,14H,7H2,1-2H3. The molecule has 0 aromatic heterocycles. The van der Waals surface area contributed by atoms with Crippen molar-refractivity contribution in [2.75, 3.05) is 11.9 Å². The minimum absolute atomic E-state index is 0.224. The molecule has 0 aliphatic rings. The summed E-state index contributed by atoms with van der Waals surface area (Å²) in [6, 6.07) is 5.70. The number of para-hydroxylation sites is 1. The van der Waals surface area contributed by atoms with Gasteiger partial charge in [-0.05, 0) is 18.1 Å². The lowest BCUT2D eigenvalue weighted by atomic mass is 10.2. The van der Waals surface area contributed by atoms with Gasteiger partial charge in [-0.3, -0.25) is 0 Å². The summed E-state index contributed by atoms with van der Waals surface area (Å²) in [6.45, 7) is 4.41. The van der Waals surface area contributed by atoms with E-state index >= 15 is 0 Å². The van der Waals surface area contributed by atoms with Gasteiger partial charge in [0, 0.05) is 6.54 Å². The van der Waals surface area contributed by atoms with Crippen LogP contribution < -0.4 is 5.32 Å². The maximum absolute atomic E-state index is 12.5. The largest absolute Gasteiger partial charge is 0.384 e. The van der Waals surface area contributed by atoms with E-state index in [2.05, 4.69) is 5.32 Å². The lowest BCUT2D eigenvalue weighted by Gasteiger charge is -2.13. The van der Waals surface area contributed by atoms with Gasteiger partial charge < -0.3 is 5.32 Å². The molecule has 0 atom stereocenters. The molecule has 1 N–H and O–H groups in total. The van der Waals surface area contributed by atoms with E-state index in [0.717, 1.165) is 0 Å². The van der Waals surface area contributed by atoms with Gasteiger partial charge in [0.15, 0.2) is 0 Å². The van der Waals surface area contributed by atoms with Crippen LogP contribution in [0.5, 0.6) is 0 Å². The van der Waals surface area contributed by atoms with Gasteiger partial charge in [0.25, 0.3) is 0 Å². The van der Waals surface area contributed by atoms with Gasteiger partial charge in [0.05, 0.1) is 10.6 Å². The Morgan fingerprint density at radius 1 is 1.24 bits per heavy atom. The first-order valence-corrected chi connectivity index (χ1v) is 6.75. The summed E-state index contributed by atoms with van der Waals surface area (Å²) in [5.41, 5.74) is 0.224. The second-order valence-corrected chi connectivity index (χ2v) is 5.96. The van der Waals surface area contributed by atoms with Crippen LogP contribution in [-0.4, -0.2) is 20.7 Å². The van der Waals surface area contributed by atoms with E-state index in [4.69, 9.17) is 0 Å². The van der Waals surface area contributed by atoms with E-state index < -0.39 is 15.6 Å². The SMILES string of the molecule is CC(C)CNc1ccccc1S(=O)(=O)C(F)F. The normalized spacial score (nSPS) is 12.1. The first kappa shape index (κ1) is 13.9. The summed E-state index contributed by atoms with van der Waals surface area (Å²) in [5.74, 6) is -3.11. The molecule has 0 fully saturated rings. The van der Waals surface area contributed by atoms with Crippen LogP contribution in [0.2, 0.25) is 0 Å². The highest BCUT2D eigenvalue weighted by atomic mass is 32.2. The molecule has 0 spiro atoms. The number of rotatable bonds is 5. The van der Waals surface area contributed by atoms with E-state index in [-0.39, 0.29) is 16.5 Å². The number of benzene rings is 1. The molecular weight excluding hydrogens is 248 g/mol. The average molecular weight is 263 g/mol. The molecule has 0 aliphatic heterocycles. The number of sulfone groups is 1. The zero-order valence-electron chi connectivity index (χ0n) is 9.65. The predicted molar refractivity (Wildman–Crippen MR) is 63.0 cm³/mol. The molecule has 1 aromatic rings. The number of hydrogen-bond acceptors (Lipinski definition) is 3. The summed E-state index contributed by atoms with van der Waals surface area (Å²) in [5, 5.41) is 2.86. The number of anilines is 1. The summed E-state index contributed by atoms with van der Waals surface area (Å²) >= 11 is 0. The van der Waals surface area contributed by atoms with Gasteiger partial charge in [-0.25, -0.2) is 8.42 Å². The van der Waals surface area contributed by atoms with Crippen molar-refractivity contribution in [3.63, 3.8) is 0 Å². The molecule has 3 nitrogen and oxygen atoms in total. The van der Waals surface area contributed by atoms with Gasteiger partial charge >= 0.3 is 5.76 Å². The second kappa shape index (κ2) is 5.44. The monoisotopic (exact) mass is 263 g/mol. The van der Waals surface area contributed by atoms with E-state index in [1.807, 2.05) is 13.8 Å². The van der Waals surface area contributed by atoms with Crippen LogP contribution in [0.1, 0.15) is 13.8 Å². The van der Waals surface area contributed by atoms with Crippen molar-refractivity contribution < 1.29 is 17.2 Å². The van der Waals surface area contributed by atoms with Crippen LogP contribution >= 0.6 is 0 Å². The summed E-state index contributed by atoms with van der Waals surface area (Å²) in [4.78, 5) is -0.351. The Bertz CT molecular complexity index is 472. The Morgan fingerprint density at radius 2 is 1.82 bits per heavy atom. The molecule has 17 heavy (non-hydrogen) atoms. The van der Waals surface area contributed by atoms with Crippen LogP contribution in [0.4, 0.5) is 14.5 Å². The molecule has 0 unspecified atom stereocenters. The highest BCUT2D eigenvalue weighted by Crippen LogP contribution is 2.26. The van der Waals surface area contributed by atoms with E-state index in [1.54, 1.807) is 6.07 Å². The van der Waals surface area contributed by atoms with E-state index in [1.165, 1.54) is 18.2 Å². The fourth-order valence-corrected chi connectivity index (χ4v) is 2.18. The van der Waals surface area contributed by atoms with Crippen molar-refractivity contribution in [3.05, 3.63) is 24.3 Å². The topological polar surface area (TPSA) is 46.2 Å². The minimum atomic E-state index is -4.55. The first-order valence-electron chi connectivity index (χ1n) is 5.20. The molecule has 1 aromatic carbocycles. The van der Waals surface area contributed by atoms with Gasteiger partial charge in [0.2, 0.25) is 9.84 Å². The third kappa shape index (κ3) is 3.39. The molecule has 96 valence electrons. The maximum atomic E-state index is 12.5. The highest BCUT2D eigenvalue weighted by Gasteiger charge is 2.28.